The monoisotopic (exact) mass is 312 g/mol. The number of ether oxygens (including phenoxy) is 1. The largest absolute Gasteiger partial charge is 0.457 e. The Labute approximate surface area is 139 Å². The lowest BCUT2D eigenvalue weighted by Gasteiger charge is -2.20. The molecular weight excluding hydrogens is 284 g/mol. The summed E-state index contributed by atoms with van der Waals surface area (Å²) in [7, 11) is 0. The molecule has 0 aliphatic heterocycles. The van der Waals surface area contributed by atoms with Crippen molar-refractivity contribution in [2.24, 2.45) is 5.73 Å². The molecule has 1 atom stereocenters. The maximum absolute atomic E-state index is 6.00. The van der Waals surface area contributed by atoms with Crippen LogP contribution in [0.4, 0.5) is 0 Å². The van der Waals surface area contributed by atoms with Gasteiger partial charge in [-0.3, -0.25) is 0 Å². The molecule has 1 unspecified atom stereocenters. The summed E-state index contributed by atoms with van der Waals surface area (Å²) in [6.07, 6.45) is 2.11. The summed E-state index contributed by atoms with van der Waals surface area (Å²) in [5, 5.41) is 3.54. The van der Waals surface area contributed by atoms with Crippen LogP contribution in [0.2, 0.25) is 0 Å². The quantitative estimate of drug-likeness (QED) is 0.698. The molecule has 2 rings (SSSR count). The number of nitrogens with one attached hydrogen (secondary N) is 1. The van der Waals surface area contributed by atoms with Crippen LogP contribution in [0.5, 0.6) is 11.5 Å². The zero-order valence-corrected chi connectivity index (χ0v) is 14.4. The van der Waals surface area contributed by atoms with Crippen molar-refractivity contribution in [3.05, 3.63) is 60.2 Å². The van der Waals surface area contributed by atoms with E-state index in [4.69, 9.17) is 10.5 Å². The van der Waals surface area contributed by atoms with E-state index in [1.165, 1.54) is 5.56 Å². The lowest BCUT2D eigenvalue weighted by Crippen LogP contribution is -2.33. The summed E-state index contributed by atoms with van der Waals surface area (Å²) < 4.78 is 5.81. The normalized spacial score (nSPS) is 12.9. The Bertz CT molecular complexity index is 573. The molecule has 0 saturated carbocycles. The zero-order valence-electron chi connectivity index (χ0n) is 14.4. The molecule has 0 aliphatic rings. The Morgan fingerprint density at radius 2 is 1.61 bits per heavy atom. The number of rotatable bonds is 8. The van der Waals surface area contributed by atoms with Gasteiger partial charge in [0, 0.05) is 11.6 Å². The van der Waals surface area contributed by atoms with Crippen molar-refractivity contribution in [3.8, 4) is 11.5 Å². The van der Waals surface area contributed by atoms with E-state index in [1.54, 1.807) is 0 Å². The molecule has 0 spiro atoms. The molecule has 0 aromatic heterocycles. The zero-order chi connectivity index (χ0) is 16.7. The second-order valence-electron chi connectivity index (χ2n) is 6.75. The van der Waals surface area contributed by atoms with Crippen molar-refractivity contribution in [2.75, 3.05) is 6.54 Å². The fourth-order valence-corrected chi connectivity index (χ4v) is 2.43. The van der Waals surface area contributed by atoms with E-state index in [1.807, 2.05) is 42.5 Å². The third-order valence-corrected chi connectivity index (χ3v) is 3.81. The van der Waals surface area contributed by atoms with Crippen LogP contribution in [0, 0.1) is 0 Å². The van der Waals surface area contributed by atoms with E-state index in [-0.39, 0.29) is 5.54 Å². The first-order valence-corrected chi connectivity index (χ1v) is 8.29. The minimum absolute atomic E-state index is 0.0820. The van der Waals surface area contributed by atoms with Crippen LogP contribution in [-0.2, 0) is 0 Å². The molecule has 23 heavy (non-hydrogen) atoms. The van der Waals surface area contributed by atoms with Crippen LogP contribution in [0.15, 0.2) is 54.6 Å². The summed E-state index contributed by atoms with van der Waals surface area (Å²) in [6.45, 7) is 7.30. The van der Waals surface area contributed by atoms with Crippen molar-refractivity contribution >= 4 is 0 Å². The lowest BCUT2D eigenvalue weighted by atomic mass is 10.00. The van der Waals surface area contributed by atoms with Gasteiger partial charge in [-0.05, 0) is 70.0 Å². The highest BCUT2D eigenvalue weighted by Crippen LogP contribution is 2.23. The molecule has 0 amide bonds. The van der Waals surface area contributed by atoms with Crippen molar-refractivity contribution in [2.45, 2.75) is 45.2 Å². The van der Waals surface area contributed by atoms with Crippen molar-refractivity contribution < 1.29 is 4.74 Å². The molecule has 3 heteroatoms. The number of hydrogen-bond acceptors (Lipinski definition) is 3. The first-order valence-electron chi connectivity index (χ1n) is 8.29. The van der Waals surface area contributed by atoms with Gasteiger partial charge in [-0.1, -0.05) is 30.3 Å². The molecule has 0 heterocycles. The van der Waals surface area contributed by atoms with Crippen LogP contribution in [-0.4, -0.2) is 12.1 Å². The summed E-state index contributed by atoms with van der Waals surface area (Å²) in [5.41, 5.74) is 7.18. The van der Waals surface area contributed by atoms with E-state index >= 15 is 0 Å². The van der Waals surface area contributed by atoms with Crippen LogP contribution in [0.1, 0.15) is 45.2 Å². The molecule has 3 N–H and O–H groups in total. The fraction of sp³-hybridized carbons (Fsp3) is 0.400. The van der Waals surface area contributed by atoms with Crippen LogP contribution >= 0.6 is 0 Å². The Hall–Kier alpha value is -1.84. The van der Waals surface area contributed by atoms with Crippen molar-refractivity contribution in [3.63, 3.8) is 0 Å². The maximum atomic E-state index is 6.00. The summed E-state index contributed by atoms with van der Waals surface area (Å²) in [6, 6.07) is 18.4. The third-order valence-electron chi connectivity index (χ3n) is 3.81. The van der Waals surface area contributed by atoms with E-state index < -0.39 is 0 Å². The van der Waals surface area contributed by atoms with Gasteiger partial charge in [0.2, 0.25) is 0 Å². The van der Waals surface area contributed by atoms with Gasteiger partial charge in [-0.15, -0.1) is 0 Å². The Morgan fingerprint density at radius 3 is 2.22 bits per heavy atom. The minimum Gasteiger partial charge on any atom is -0.457 e. The third kappa shape index (κ3) is 6.43. The van der Waals surface area contributed by atoms with Gasteiger partial charge < -0.3 is 15.8 Å². The second kappa shape index (κ2) is 8.14. The van der Waals surface area contributed by atoms with Gasteiger partial charge in [0.1, 0.15) is 11.5 Å². The summed E-state index contributed by atoms with van der Waals surface area (Å²) in [5.74, 6) is 1.72. The maximum Gasteiger partial charge on any atom is 0.127 e. The average molecular weight is 312 g/mol. The van der Waals surface area contributed by atoms with Gasteiger partial charge in [0.05, 0.1) is 0 Å². The van der Waals surface area contributed by atoms with E-state index in [0.717, 1.165) is 30.9 Å². The van der Waals surface area contributed by atoms with Gasteiger partial charge in [-0.2, -0.15) is 0 Å². The molecule has 2 aromatic carbocycles. The highest BCUT2D eigenvalue weighted by atomic mass is 16.5. The molecular formula is C20H28N2O. The Morgan fingerprint density at radius 1 is 1.00 bits per heavy atom. The second-order valence-corrected chi connectivity index (χ2v) is 6.75. The lowest BCUT2D eigenvalue weighted by molar-refractivity contribution is 0.437. The minimum atomic E-state index is -0.0820. The Kier molecular flexibility index (Phi) is 6.20. The predicted octanol–water partition coefficient (Wildman–Crippen LogP) is 4.65. The van der Waals surface area contributed by atoms with E-state index in [9.17, 15) is 0 Å². The van der Waals surface area contributed by atoms with E-state index in [2.05, 4.69) is 38.2 Å². The van der Waals surface area contributed by atoms with Crippen molar-refractivity contribution in [1.29, 1.82) is 0 Å². The smallest absolute Gasteiger partial charge is 0.127 e. The molecule has 0 radical (unpaired) electrons. The molecule has 0 aliphatic carbocycles. The molecule has 3 nitrogen and oxygen atoms in total. The molecule has 124 valence electrons. The van der Waals surface area contributed by atoms with Gasteiger partial charge >= 0.3 is 0 Å². The summed E-state index contributed by atoms with van der Waals surface area (Å²) in [4.78, 5) is 0. The first kappa shape index (κ1) is 17.5. The first-order chi connectivity index (χ1) is 10.9. The topological polar surface area (TPSA) is 47.3 Å². The average Bonchev–Trinajstić information content (AvgIpc) is 2.52. The van der Waals surface area contributed by atoms with Gasteiger partial charge in [0.15, 0.2) is 0 Å². The van der Waals surface area contributed by atoms with Gasteiger partial charge in [0.25, 0.3) is 0 Å². The molecule has 2 aromatic rings. The van der Waals surface area contributed by atoms with Crippen molar-refractivity contribution in [1.82, 2.24) is 5.32 Å². The number of para-hydroxylation sites is 1. The SMILES string of the molecule is CC(NCCCC(C)(C)N)c1ccc(Oc2ccccc2)cc1. The molecule has 0 bridgehead atoms. The van der Waals surface area contributed by atoms with Crippen LogP contribution in [0.3, 0.4) is 0 Å². The summed E-state index contributed by atoms with van der Waals surface area (Å²) >= 11 is 0. The Balaban J connectivity index is 1.81. The highest BCUT2D eigenvalue weighted by Gasteiger charge is 2.10. The predicted molar refractivity (Wildman–Crippen MR) is 96.9 cm³/mol. The fourth-order valence-electron chi connectivity index (χ4n) is 2.43. The molecule has 0 saturated heterocycles. The van der Waals surface area contributed by atoms with E-state index in [0.29, 0.717) is 6.04 Å². The number of hydrogen-bond donors (Lipinski definition) is 2. The number of nitrogens with two attached hydrogens (primary N) is 1. The molecule has 0 fully saturated rings. The highest BCUT2D eigenvalue weighted by molar-refractivity contribution is 5.33. The number of benzene rings is 2. The van der Waals surface area contributed by atoms with Crippen LogP contribution in [0.25, 0.3) is 0 Å². The van der Waals surface area contributed by atoms with Crippen LogP contribution < -0.4 is 15.8 Å². The van der Waals surface area contributed by atoms with Gasteiger partial charge in [-0.25, -0.2) is 0 Å². The standard InChI is InChI=1S/C20H28N2O/c1-16(22-15-7-14-20(2,3)21)17-10-12-19(13-11-17)23-18-8-5-4-6-9-18/h4-6,8-13,16,22H,7,14-15,21H2,1-3H3.